The Labute approximate surface area is 108 Å². The molecular formula is C15H20O3. The molecule has 0 spiro atoms. The quantitative estimate of drug-likeness (QED) is 0.770. The highest BCUT2D eigenvalue weighted by Crippen LogP contribution is 2.38. The van der Waals surface area contributed by atoms with Crippen LogP contribution in [0.1, 0.15) is 19.4 Å². The number of hydrogen-bond acceptors (Lipinski definition) is 3. The van der Waals surface area contributed by atoms with Gasteiger partial charge in [0.2, 0.25) is 0 Å². The van der Waals surface area contributed by atoms with E-state index in [4.69, 9.17) is 14.2 Å². The van der Waals surface area contributed by atoms with Crippen molar-refractivity contribution in [1.82, 2.24) is 0 Å². The SMILES string of the molecule is C[C@H]1[C@H](OCc2ccccc2)[C@@H]2OC2OC[C@H]1C. The maximum Gasteiger partial charge on any atom is 0.187 e. The molecule has 2 aliphatic heterocycles. The molecular weight excluding hydrogens is 228 g/mol. The molecule has 0 radical (unpaired) electrons. The molecule has 0 aliphatic carbocycles. The Bertz CT molecular complexity index is 392. The van der Waals surface area contributed by atoms with Crippen LogP contribution in [0.15, 0.2) is 30.3 Å². The first-order chi connectivity index (χ1) is 8.75. The van der Waals surface area contributed by atoms with Gasteiger partial charge in [-0.25, -0.2) is 0 Å². The van der Waals surface area contributed by atoms with Crippen molar-refractivity contribution in [3.63, 3.8) is 0 Å². The van der Waals surface area contributed by atoms with E-state index in [0.29, 0.717) is 18.4 Å². The monoisotopic (exact) mass is 248 g/mol. The molecule has 0 amide bonds. The number of epoxide rings is 1. The van der Waals surface area contributed by atoms with E-state index in [1.165, 1.54) is 5.56 Å². The van der Waals surface area contributed by atoms with Crippen LogP contribution in [0.5, 0.6) is 0 Å². The van der Waals surface area contributed by atoms with Gasteiger partial charge in [0, 0.05) is 0 Å². The summed E-state index contributed by atoms with van der Waals surface area (Å²) < 4.78 is 17.3. The molecule has 98 valence electrons. The second-order valence-electron chi connectivity index (χ2n) is 5.40. The highest BCUT2D eigenvalue weighted by atomic mass is 16.8. The average Bonchev–Trinajstić information content (AvgIpc) is 3.16. The van der Waals surface area contributed by atoms with Crippen LogP contribution in [-0.2, 0) is 20.8 Å². The molecule has 2 saturated heterocycles. The fourth-order valence-corrected chi connectivity index (χ4v) is 2.51. The molecule has 2 aliphatic rings. The van der Waals surface area contributed by atoms with E-state index in [2.05, 4.69) is 26.0 Å². The summed E-state index contributed by atoms with van der Waals surface area (Å²) in [7, 11) is 0. The lowest BCUT2D eigenvalue weighted by molar-refractivity contribution is -0.0399. The fraction of sp³-hybridized carbons (Fsp3) is 0.600. The van der Waals surface area contributed by atoms with Crippen molar-refractivity contribution < 1.29 is 14.2 Å². The van der Waals surface area contributed by atoms with Gasteiger partial charge in [-0.15, -0.1) is 0 Å². The zero-order valence-corrected chi connectivity index (χ0v) is 10.9. The first kappa shape index (κ1) is 12.2. The molecule has 0 saturated carbocycles. The Kier molecular flexibility index (Phi) is 3.37. The number of benzene rings is 1. The van der Waals surface area contributed by atoms with Crippen LogP contribution in [0.2, 0.25) is 0 Å². The van der Waals surface area contributed by atoms with E-state index >= 15 is 0 Å². The van der Waals surface area contributed by atoms with Gasteiger partial charge >= 0.3 is 0 Å². The van der Waals surface area contributed by atoms with Crippen molar-refractivity contribution in [2.24, 2.45) is 11.8 Å². The van der Waals surface area contributed by atoms with Crippen molar-refractivity contribution in [2.45, 2.75) is 39.0 Å². The molecule has 1 unspecified atom stereocenters. The normalized spacial score (nSPS) is 38.9. The standard InChI is InChI=1S/C15H20O3/c1-10-8-17-15-14(18-15)13(11(10)2)16-9-12-6-4-3-5-7-12/h3-7,10-11,13-15H,8-9H2,1-2H3/t10-,11-,13+,14+,15?/m1/s1. The van der Waals surface area contributed by atoms with Gasteiger partial charge in [0.1, 0.15) is 6.10 Å². The van der Waals surface area contributed by atoms with Crippen LogP contribution < -0.4 is 0 Å². The third-order valence-electron chi connectivity index (χ3n) is 4.03. The Balaban J connectivity index is 1.63. The van der Waals surface area contributed by atoms with E-state index in [1.807, 2.05) is 18.2 Å². The largest absolute Gasteiger partial charge is 0.370 e. The molecule has 0 N–H and O–H groups in total. The fourth-order valence-electron chi connectivity index (χ4n) is 2.51. The predicted molar refractivity (Wildman–Crippen MR) is 68.0 cm³/mol. The number of ether oxygens (including phenoxy) is 3. The van der Waals surface area contributed by atoms with Gasteiger partial charge in [0.25, 0.3) is 0 Å². The van der Waals surface area contributed by atoms with E-state index in [9.17, 15) is 0 Å². The van der Waals surface area contributed by atoms with Gasteiger partial charge in [-0.2, -0.15) is 0 Å². The van der Waals surface area contributed by atoms with Crippen molar-refractivity contribution in [1.29, 1.82) is 0 Å². The van der Waals surface area contributed by atoms with E-state index in [1.54, 1.807) is 0 Å². The van der Waals surface area contributed by atoms with Gasteiger partial charge in [-0.3, -0.25) is 0 Å². The lowest BCUT2D eigenvalue weighted by atomic mass is 9.90. The first-order valence-corrected chi connectivity index (χ1v) is 6.68. The lowest BCUT2D eigenvalue weighted by Gasteiger charge is -2.25. The number of hydrogen-bond donors (Lipinski definition) is 0. The summed E-state index contributed by atoms with van der Waals surface area (Å²) in [5, 5.41) is 0. The van der Waals surface area contributed by atoms with Crippen molar-refractivity contribution in [3.8, 4) is 0 Å². The molecule has 5 atom stereocenters. The van der Waals surface area contributed by atoms with Gasteiger partial charge in [0.05, 0.1) is 19.3 Å². The molecule has 18 heavy (non-hydrogen) atoms. The zero-order chi connectivity index (χ0) is 12.5. The van der Waals surface area contributed by atoms with E-state index in [-0.39, 0.29) is 18.5 Å². The minimum atomic E-state index is -0.0295. The Morgan fingerprint density at radius 1 is 1.22 bits per heavy atom. The topological polar surface area (TPSA) is 31.0 Å². The molecule has 1 aromatic carbocycles. The predicted octanol–water partition coefficient (Wildman–Crippen LogP) is 2.60. The van der Waals surface area contributed by atoms with E-state index < -0.39 is 0 Å². The molecule has 0 bridgehead atoms. The van der Waals surface area contributed by atoms with Gasteiger partial charge in [-0.1, -0.05) is 44.2 Å². The van der Waals surface area contributed by atoms with Gasteiger partial charge in [0.15, 0.2) is 6.29 Å². The van der Waals surface area contributed by atoms with E-state index in [0.717, 1.165) is 6.61 Å². The molecule has 0 aromatic heterocycles. The summed E-state index contributed by atoms with van der Waals surface area (Å²) in [5.74, 6) is 0.980. The molecule has 2 fully saturated rings. The molecule has 1 aromatic rings. The summed E-state index contributed by atoms with van der Waals surface area (Å²) in [6.45, 7) is 5.87. The summed E-state index contributed by atoms with van der Waals surface area (Å²) in [6, 6.07) is 10.3. The van der Waals surface area contributed by atoms with Gasteiger partial charge < -0.3 is 14.2 Å². The highest BCUT2D eigenvalue weighted by molar-refractivity contribution is 5.13. The third kappa shape index (κ3) is 2.44. The lowest BCUT2D eigenvalue weighted by Crippen LogP contribution is -2.31. The maximum absolute atomic E-state index is 6.08. The zero-order valence-electron chi connectivity index (χ0n) is 10.9. The van der Waals surface area contributed by atoms with Crippen molar-refractivity contribution in [3.05, 3.63) is 35.9 Å². The summed E-state index contributed by atoms with van der Waals surface area (Å²) in [6.07, 6.45) is 0.250. The summed E-state index contributed by atoms with van der Waals surface area (Å²) in [5.41, 5.74) is 1.21. The van der Waals surface area contributed by atoms with Gasteiger partial charge in [-0.05, 0) is 17.4 Å². The second-order valence-corrected chi connectivity index (χ2v) is 5.40. The van der Waals surface area contributed by atoms with Crippen molar-refractivity contribution >= 4 is 0 Å². The molecule has 2 heterocycles. The van der Waals surface area contributed by atoms with Crippen LogP contribution in [0.3, 0.4) is 0 Å². The minimum Gasteiger partial charge on any atom is -0.370 e. The van der Waals surface area contributed by atoms with Crippen LogP contribution in [0.25, 0.3) is 0 Å². The Morgan fingerprint density at radius 3 is 2.78 bits per heavy atom. The summed E-state index contributed by atoms with van der Waals surface area (Å²) >= 11 is 0. The third-order valence-corrected chi connectivity index (χ3v) is 4.03. The minimum absolute atomic E-state index is 0.0295. The first-order valence-electron chi connectivity index (χ1n) is 6.68. The highest BCUT2D eigenvalue weighted by Gasteiger charge is 2.52. The van der Waals surface area contributed by atoms with Crippen LogP contribution in [-0.4, -0.2) is 25.1 Å². The van der Waals surface area contributed by atoms with Crippen LogP contribution in [0.4, 0.5) is 0 Å². The smallest absolute Gasteiger partial charge is 0.187 e. The van der Waals surface area contributed by atoms with Crippen LogP contribution >= 0.6 is 0 Å². The molecule has 3 nitrogen and oxygen atoms in total. The second kappa shape index (κ2) is 5.00. The average molecular weight is 248 g/mol. The maximum atomic E-state index is 6.08. The Hall–Kier alpha value is -0.900. The Morgan fingerprint density at radius 2 is 2.00 bits per heavy atom. The molecule has 3 heteroatoms. The number of fused-ring (bicyclic) bond motifs is 1. The number of rotatable bonds is 3. The molecule has 3 rings (SSSR count). The van der Waals surface area contributed by atoms with Crippen molar-refractivity contribution in [2.75, 3.05) is 6.61 Å². The summed E-state index contributed by atoms with van der Waals surface area (Å²) in [4.78, 5) is 0. The van der Waals surface area contributed by atoms with Crippen LogP contribution in [0, 0.1) is 11.8 Å².